The van der Waals surface area contributed by atoms with E-state index in [4.69, 9.17) is 4.74 Å². The van der Waals surface area contributed by atoms with Gasteiger partial charge in [-0.25, -0.2) is 12.8 Å². The smallest absolute Gasteiger partial charge is 0.238 e. The maximum absolute atomic E-state index is 12.9. The van der Waals surface area contributed by atoms with Crippen molar-refractivity contribution in [3.05, 3.63) is 60.4 Å². The van der Waals surface area contributed by atoms with Crippen molar-refractivity contribution >= 4 is 15.7 Å². The van der Waals surface area contributed by atoms with Gasteiger partial charge in [0, 0.05) is 0 Å². The molecule has 0 saturated heterocycles. The highest BCUT2D eigenvalue weighted by Crippen LogP contribution is 2.19. The van der Waals surface area contributed by atoms with Crippen molar-refractivity contribution in [2.45, 2.75) is 19.4 Å². The SMILES string of the molecule is CC[C@@H](O)CN(c1ccccc1)S(=O)(=O)CCOc1ccc(F)cc1. The van der Waals surface area contributed by atoms with Gasteiger partial charge in [0.05, 0.1) is 18.3 Å². The van der Waals surface area contributed by atoms with Gasteiger partial charge in [0.1, 0.15) is 23.9 Å². The van der Waals surface area contributed by atoms with Crippen molar-refractivity contribution in [1.29, 1.82) is 0 Å². The lowest BCUT2D eigenvalue weighted by Crippen LogP contribution is -2.40. The fraction of sp³-hybridized carbons (Fsp3) is 0.333. The Hall–Kier alpha value is -2.12. The van der Waals surface area contributed by atoms with Crippen molar-refractivity contribution in [2.75, 3.05) is 23.2 Å². The molecule has 2 aromatic rings. The number of aliphatic hydroxyl groups excluding tert-OH is 1. The Kier molecular flexibility index (Phi) is 6.78. The number of aliphatic hydroxyl groups is 1. The van der Waals surface area contributed by atoms with E-state index in [0.717, 1.165) is 0 Å². The molecule has 0 aliphatic rings. The van der Waals surface area contributed by atoms with E-state index in [1.54, 1.807) is 37.3 Å². The van der Waals surface area contributed by atoms with Crippen molar-refractivity contribution in [2.24, 2.45) is 0 Å². The lowest BCUT2D eigenvalue weighted by Gasteiger charge is -2.26. The minimum atomic E-state index is -3.68. The van der Waals surface area contributed by atoms with Crippen molar-refractivity contribution in [3.8, 4) is 5.75 Å². The molecule has 0 aromatic heterocycles. The van der Waals surface area contributed by atoms with E-state index in [0.29, 0.717) is 17.9 Å². The minimum Gasteiger partial charge on any atom is -0.492 e. The van der Waals surface area contributed by atoms with Crippen LogP contribution in [0.5, 0.6) is 5.75 Å². The van der Waals surface area contributed by atoms with E-state index in [2.05, 4.69) is 0 Å². The molecule has 1 atom stereocenters. The molecule has 2 aromatic carbocycles. The van der Waals surface area contributed by atoms with Crippen LogP contribution in [0, 0.1) is 5.82 Å². The lowest BCUT2D eigenvalue weighted by atomic mass is 10.2. The first-order valence-corrected chi connectivity index (χ1v) is 9.65. The summed E-state index contributed by atoms with van der Waals surface area (Å²) < 4.78 is 44.9. The number of sulfonamides is 1. The number of rotatable bonds is 9. The normalized spacial score (nSPS) is 12.6. The van der Waals surface area contributed by atoms with E-state index in [-0.39, 0.29) is 24.7 Å². The summed E-state index contributed by atoms with van der Waals surface area (Å²) in [5, 5.41) is 9.91. The molecule has 0 heterocycles. The van der Waals surface area contributed by atoms with Crippen LogP contribution in [0.2, 0.25) is 0 Å². The highest BCUT2D eigenvalue weighted by molar-refractivity contribution is 7.92. The Balaban J connectivity index is 2.07. The van der Waals surface area contributed by atoms with Crippen LogP contribution in [-0.4, -0.2) is 38.5 Å². The summed E-state index contributed by atoms with van der Waals surface area (Å²) in [5.41, 5.74) is 0.497. The molecular formula is C18H22FNO4S. The standard InChI is InChI=1S/C18H22FNO4S/c1-2-17(21)14-20(16-6-4-3-5-7-16)25(22,23)13-12-24-18-10-8-15(19)9-11-18/h3-11,17,21H,2,12-14H2,1H3/t17-/m1/s1. The number of halogens is 1. The van der Waals surface area contributed by atoms with E-state index >= 15 is 0 Å². The highest BCUT2D eigenvalue weighted by Gasteiger charge is 2.24. The van der Waals surface area contributed by atoms with Gasteiger partial charge in [-0.3, -0.25) is 4.31 Å². The van der Waals surface area contributed by atoms with Crippen LogP contribution >= 0.6 is 0 Å². The van der Waals surface area contributed by atoms with E-state index in [9.17, 15) is 17.9 Å². The second kappa shape index (κ2) is 8.82. The fourth-order valence-electron chi connectivity index (χ4n) is 2.20. The van der Waals surface area contributed by atoms with Gasteiger partial charge in [0.25, 0.3) is 0 Å². The number of hydrogen-bond donors (Lipinski definition) is 1. The Bertz CT molecular complexity index is 750. The van der Waals surface area contributed by atoms with E-state index in [1.165, 1.54) is 28.6 Å². The molecule has 0 spiro atoms. The number of nitrogens with zero attached hydrogens (tertiary/aromatic N) is 1. The third kappa shape index (κ3) is 5.72. The summed E-state index contributed by atoms with van der Waals surface area (Å²) in [6.07, 6.45) is -0.307. The molecule has 136 valence electrons. The quantitative estimate of drug-likeness (QED) is 0.740. The van der Waals surface area contributed by atoms with Crippen LogP contribution in [-0.2, 0) is 10.0 Å². The number of ether oxygens (including phenoxy) is 1. The van der Waals surface area contributed by atoms with Gasteiger partial charge in [-0.2, -0.15) is 0 Å². The zero-order chi connectivity index (χ0) is 18.3. The van der Waals surface area contributed by atoms with Gasteiger partial charge in [0.15, 0.2) is 0 Å². The summed E-state index contributed by atoms with van der Waals surface area (Å²) >= 11 is 0. The van der Waals surface area contributed by atoms with Crippen LogP contribution in [0.15, 0.2) is 54.6 Å². The number of para-hydroxylation sites is 1. The van der Waals surface area contributed by atoms with Crippen molar-refractivity contribution in [1.82, 2.24) is 0 Å². The summed E-state index contributed by atoms with van der Waals surface area (Å²) in [4.78, 5) is 0. The largest absolute Gasteiger partial charge is 0.492 e. The Morgan fingerprint density at radius 3 is 2.36 bits per heavy atom. The van der Waals surface area contributed by atoms with Gasteiger partial charge >= 0.3 is 0 Å². The second-order valence-corrected chi connectivity index (χ2v) is 7.56. The molecule has 0 bridgehead atoms. The average molecular weight is 367 g/mol. The fourth-order valence-corrected chi connectivity index (χ4v) is 3.56. The van der Waals surface area contributed by atoms with Gasteiger partial charge in [-0.15, -0.1) is 0 Å². The first-order valence-electron chi connectivity index (χ1n) is 8.04. The maximum Gasteiger partial charge on any atom is 0.238 e. The Morgan fingerprint density at radius 2 is 1.76 bits per heavy atom. The molecule has 0 fully saturated rings. The van der Waals surface area contributed by atoms with E-state index in [1.807, 2.05) is 0 Å². The third-order valence-corrected chi connectivity index (χ3v) is 5.37. The maximum atomic E-state index is 12.9. The minimum absolute atomic E-state index is 0.0145. The van der Waals surface area contributed by atoms with Gasteiger partial charge in [-0.05, 0) is 42.8 Å². The van der Waals surface area contributed by atoms with Crippen LogP contribution in [0.4, 0.5) is 10.1 Å². The molecule has 1 N–H and O–H groups in total. The zero-order valence-electron chi connectivity index (χ0n) is 14.0. The molecule has 25 heavy (non-hydrogen) atoms. The predicted molar refractivity (Wildman–Crippen MR) is 95.8 cm³/mol. The van der Waals surface area contributed by atoms with Crippen LogP contribution in [0.25, 0.3) is 0 Å². The lowest BCUT2D eigenvalue weighted by molar-refractivity contribution is 0.179. The molecule has 7 heteroatoms. The molecule has 0 aliphatic heterocycles. The summed E-state index contributed by atoms with van der Waals surface area (Å²) in [5.74, 6) is -0.240. The molecule has 5 nitrogen and oxygen atoms in total. The number of anilines is 1. The summed E-state index contributed by atoms with van der Waals surface area (Å²) in [6.45, 7) is 1.71. The monoisotopic (exact) mass is 367 g/mol. The molecule has 0 radical (unpaired) electrons. The van der Waals surface area contributed by atoms with Crippen molar-refractivity contribution in [3.63, 3.8) is 0 Å². The summed E-state index contributed by atoms with van der Waals surface area (Å²) in [7, 11) is -3.68. The highest BCUT2D eigenvalue weighted by atomic mass is 32.2. The predicted octanol–water partition coefficient (Wildman–Crippen LogP) is 2.81. The van der Waals surface area contributed by atoms with Crippen LogP contribution in [0.1, 0.15) is 13.3 Å². The van der Waals surface area contributed by atoms with Crippen LogP contribution < -0.4 is 9.04 Å². The molecule has 0 amide bonds. The van der Waals surface area contributed by atoms with Crippen LogP contribution in [0.3, 0.4) is 0 Å². The Labute approximate surface area is 147 Å². The molecule has 0 aliphatic carbocycles. The molecule has 0 unspecified atom stereocenters. The van der Waals surface area contributed by atoms with Gasteiger partial charge in [0.2, 0.25) is 10.0 Å². The average Bonchev–Trinajstić information content (AvgIpc) is 2.61. The topological polar surface area (TPSA) is 66.8 Å². The molecule has 0 saturated carbocycles. The molecule has 2 rings (SSSR count). The Morgan fingerprint density at radius 1 is 1.12 bits per heavy atom. The van der Waals surface area contributed by atoms with E-state index < -0.39 is 16.1 Å². The number of hydrogen-bond acceptors (Lipinski definition) is 4. The third-order valence-electron chi connectivity index (χ3n) is 3.65. The van der Waals surface area contributed by atoms with Gasteiger partial charge in [-0.1, -0.05) is 25.1 Å². The van der Waals surface area contributed by atoms with Crippen molar-refractivity contribution < 1.29 is 22.7 Å². The first kappa shape index (κ1) is 19.2. The second-order valence-electron chi connectivity index (χ2n) is 5.55. The van der Waals surface area contributed by atoms with Gasteiger partial charge < -0.3 is 9.84 Å². The number of benzene rings is 2. The zero-order valence-corrected chi connectivity index (χ0v) is 14.8. The first-order chi connectivity index (χ1) is 11.9. The molecular weight excluding hydrogens is 345 g/mol. The summed E-state index contributed by atoms with van der Waals surface area (Å²) in [6, 6.07) is 14.0.